The highest BCUT2D eigenvalue weighted by molar-refractivity contribution is 5.60. The average molecular weight is 537 g/mol. The number of aliphatic hydroxyl groups is 1. The molecule has 0 aliphatic heterocycles. The fourth-order valence-corrected chi connectivity index (χ4v) is 5.28. The van der Waals surface area contributed by atoms with Crippen molar-refractivity contribution in [2.24, 2.45) is 0 Å². The number of benzene rings is 3. The van der Waals surface area contributed by atoms with E-state index in [1.807, 2.05) is 6.92 Å². The van der Waals surface area contributed by atoms with Gasteiger partial charge in [-0.2, -0.15) is 0 Å². The summed E-state index contributed by atoms with van der Waals surface area (Å²) in [5.41, 5.74) is 13.6. The Morgan fingerprint density at radius 2 is 1.55 bits per heavy atom. The molecule has 0 spiro atoms. The van der Waals surface area contributed by atoms with Gasteiger partial charge in [-0.15, -0.1) is 0 Å². The number of nitrogens with one attached hydrogen (secondary N) is 1. The summed E-state index contributed by atoms with van der Waals surface area (Å²) in [4.78, 5) is 2.16. The monoisotopic (exact) mass is 536 g/mol. The van der Waals surface area contributed by atoms with Gasteiger partial charge in [-0.05, 0) is 106 Å². The van der Waals surface area contributed by atoms with Crippen molar-refractivity contribution in [3.63, 3.8) is 0 Å². The quantitative estimate of drug-likeness (QED) is 0.287. The van der Waals surface area contributed by atoms with E-state index < -0.39 is 0 Å². The number of anilines is 2. The third-order valence-electron chi connectivity index (χ3n) is 7.99. The second kappa shape index (κ2) is 14.4. The molecule has 0 aromatic heterocycles. The Kier molecular flexibility index (Phi) is 10.7. The summed E-state index contributed by atoms with van der Waals surface area (Å²) in [5, 5.41) is 13.3. The maximum Gasteiger partial charge on any atom is 0.0552 e. The fraction of sp³-hybridized carbons (Fsp3) is 0.405. The van der Waals surface area contributed by atoms with Gasteiger partial charge in [0.15, 0.2) is 0 Å². The number of hydrogen-bond acceptors (Lipinski definition) is 3. The third kappa shape index (κ3) is 8.60. The number of allylic oxidation sites excluding steroid dienone is 3. The molecule has 1 unspecified atom stereocenters. The highest BCUT2D eigenvalue weighted by atomic mass is 16.3. The van der Waals surface area contributed by atoms with Crippen molar-refractivity contribution < 1.29 is 5.11 Å². The van der Waals surface area contributed by atoms with Gasteiger partial charge in [-0.1, -0.05) is 78.2 Å². The molecule has 3 nitrogen and oxygen atoms in total. The van der Waals surface area contributed by atoms with Crippen molar-refractivity contribution in [2.45, 2.75) is 84.7 Å². The first-order valence-corrected chi connectivity index (χ1v) is 15.1. The number of aryl methyl sites for hydroxylation is 2. The molecule has 40 heavy (non-hydrogen) atoms. The summed E-state index contributed by atoms with van der Waals surface area (Å²) in [7, 11) is 4.17. The minimum absolute atomic E-state index is 0.289. The molecule has 0 saturated heterocycles. The second-order valence-corrected chi connectivity index (χ2v) is 11.8. The van der Waals surface area contributed by atoms with Crippen molar-refractivity contribution in [3.05, 3.63) is 111 Å². The maximum atomic E-state index is 9.56. The highest BCUT2D eigenvalue weighted by Crippen LogP contribution is 2.32. The molecule has 3 aromatic carbocycles. The van der Waals surface area contributed by atoms with E-state index in [0.717, 1.165) is 19.3 Å². The van der Waals surface area contributed by atoms with Crippen molar-refractivity contribution in [1.29, 1.82) is 0 Å². The van der Waals surface area contributed by atoms with Crippen LogP contribution in [0.4, 0.5) is 11.4 Å². The van der Waals surface area contributed by atoms with E-state index in [1.165, 1.54) is 83.4 Å². The molecule has 2 saturated carbocycles. The molecule has 212 valence electrons. The summed E-state index contributed by atoms with van der Waals surface area (Å²) in [6, 6.07) is 24.2. The van der Waals surface area contributed by atoms with Crippen molar-refractivity contribution >= 4 is 17.5 Å². The predicted octanol–water partition coefficient (Wildman–Crippen LogP) is 8.89. The Balaban J connectivity index is 0.000000259. The minimum Gasteiger partial charge on any atom is -0.393 e. The first-order valence-electron chi connectivity index (χ1n) is 15.1. The van der Waals surface area contributed by atoms with Gasteiger partial charge in [0.2, 0.25) is 0 Å². The second-order valence-electron chi connectivity index (χ2n) is 11.8. The molecule has 0 heterocycles. The zero-order chi connectivity index (χ0) is 28.5. The average Bonchev–Trinajstić information content (AvgIpc) is 2.87. The van der Waals surface area contributed by atoms with Crippen LogP contribution in [-0.4, -0.2) is 25.3 Å². The lowest BCUT2D eigenvalue weighted by Crippen LogP contribution is -2.12. The molecular weight excluding hydrogens is 488 g/mol. The molecule has 2 N–H and O–H groups in total. The van der Waals surface area contributed by atoms with Crippen LogP contribution in [0.2, 0.25) is 0 Å². The van der Waals surface area contributed by atoms with Gasteiger partial charge in [0.1, 0.15) is 0 Å². The molecule has 2 fully saturated rings. The highest BCUT2D eigenvalue weighted by Gasteiger charge is 2.16. The first kappa shape index (κ1) is 29.7. The summed E-state index contributed by atoms with van der Waals surface area (Å²) < 4.78 is 0. The lowest BCUT2D eigenvalue weighted by atomic mass is 9.88. The van der Waals surface area contributed by atoms with Gasteiger partial charge >= 0.3 is 0 Å². The maximum absolute atomic E-state index is 9.56. The van der Waals surface area contributed by atoms with Gasteiger partial charge in [-0.25, -0.2) is 0 Å². The normalized spacial score (nSPS) is 14.8. The standard InChI is InChI=1S/C26H31NO.C11H17N/c1-19(28)16-21-8-10-23(11-9-21)18-26(24-6-3-7-24)27-25-14-12-22(13-15-25)17-20-4-2-5-20;1-5-10-8-9(2)6-7-11(10)12(3)4/h8-15,17,19,27-28H,2-7,16,18H2,1H3;6-8H,5H2,1-4H3. The molecule has 3 heteroatoms. The van der Waals surface area contributed by atoms with E-state index in [1.54, 1.807) is 11.1 Å². The number of rotatable bonds is 9. The van der Waals surface area contributed by atoms with Gasteiger partial charge in [0, 0.05) is 37.6 Å². The van der Waals surface area contributed by atoms with Crippen LogP contribution in [0.25, 0.3) is 6.08 Å². The molecule has 3 aromatic rings. The third-order valence-corrected chi connectivity index (χ3v) is 7.99. The van der Waals surface area contributed by atoms with Crippen LogP contribution in [-0.2, 0) is 19.3 Å². The van der Waals surface area contributed by atoms with E-state index in [-0.39, 0.29) is 6.10 Å². The number of hydrogen-bond donors (Lipinski definition) is 2. The minimum atomic E-state index is -0.289. The number of nitrogens with zero attached hydrogens (tertiary/aromatic N) is 1. The Labute approximate surface area is 242 Å². The van der Waals surface area contributed by atoms with Gasteiger partial charge < -0.3 is 15.3 Å². The Bertz CT molecular complexity index is 1280. The van der Waals surface area contributed by atoms with Crippen LogP contribution in [0.15, 0.2) is 83.6 Å². The lowest BCUT2D eigenvalue weighted by Gasteiger charge is -2.24. The van der Waals surface area contributed by atoms with Crippen molar-refractivity contribution in [3.8, 4) is 0 Å². The van der Waals surface area contributed by atoms with Crippen LogP contribution < -0.4 is 10.2 Å². The van der Waals surface area contributed by atoms with Gasteiger partial charge in [0.25, 0.3) is 0 Å². The molecule has 1 atom stereocenters. The number of aliphatic hydroxyl groups excluding tert-OH is 1. The van der Waals surface area contributed by atoms with E-state index in [2.05, 4.69) is 111 Å². The first-order chi connectivity index (χ1) is 19.3. The zero-order valence-electron chi connectivity index (χ0n) is 25.3. The van der Waals surface area contributed by atoms with E-state index in [9.17, 15) is 5.11 Å². The molecule has 2 aliphatic carbocycles. The summed E-state index contributed by atoms with van der Waals surface area (Å²) in [6.07, 6.45) is 12.4. The largest absolute Gasteiger partial charge is 0.393 e. The zero-order valence-corrected chi connectivity index (χ0v) is 25.3. The molecule has 0 bridgehead atoms. The van der Waals surface area contributed by atoms with Gasteiger partial charge in [-0.3, -0.25) is 0 Å². The lowest BCUT2D eigenvalue weighted by molar-refractivity contribution is 0.195. The van der Waals surface area contributed by atoms with Crippen molar-refractivity contribution in [2.75, 3.05) is 24.3 Å². The molecular formula is C37H48N2O. The molecule has 2 aliphatic rings. The Hall–Kier alpha value is -3.30. The SMILES string of the molecule is CC(O)Cc1ccc(CC(Nc2ccc(C=C3CCC3)cc2)=C2CCC2)cc1.CCc1cc(C)ccc1N(C)C. The van der Waals surface area contributed by atoms with Crippen LogP contribution >= 0.6 is 0 Å². The predicted molar refractivity (Wildman–Crippen MR) is 173 cm³/mol. The van der Waals surface area contributed by atoms with Gasteiger partial charge in [0.05, 0.1) is 6.10 Å². The van der Waals surface area contributed by atoms with Crippen LogP contribution in [0, 0.1) is 6.92 Å². The van der Waals surface area contributed by atoms with Crippen molar-refractivity contribution in [1.82, 2.24) is 0 Å². The summed E-state index contributed by atoms with van der Waals surface area (Å²) >= 11 is 0. The van der Waals surface area contributed by atoms with E-state index in [4.69, 9.17) is 0 Å². The van der Waals surface area contributed by atoms with Crippen LogP contribution in [0.1, 0.15) is 80.2 Å². The van der Waals surface area contributed by atoms with E-state index in [0.29, 0.717) is 0 Å². The Morgan fingerprint density at radius 3 is 2.08 bits per heavy atom. The fourth-order valence-electron chi connectivity index (χ4n) is 5.28. The summed E-state index contributed by atoms with van der Waals surface area (Å²) in [5.74, 6) is 0. The molecule has 5 rings (SSSR count). The molecule has 0 radical (unpaired) electrons. The topological polar surface area (TPSA) is 35.5 Å². The van der Waals surface area contributed by atoms with Crippen LogP contribution in [0.3, 0.4) is 0 Å². The Morgan fingerprint density at radius 1 is 0.900 bits per heavy atom. The van der Waals surface area contributed by atoms with Crippen LogP contribution in [0.5, 0.6) is 0 Å². The van der Waals surface area contributed by atoms with E-state index >= 15 is 0 Å². The summed E-state index contributed by atoms with van der Waals surface area (Å²) in [6.45, 7) is 6.17. The smallest absolute Gasteiger partial charge is 0.0552 e. The molecule has 0 amide bonds.